The van der Waals surface area contributed by atoms with E-state index in [0.717, 1.165) is 5.57 Å². The van der Waals surface area contributed by atoms with Crippen molar-refractivity contribution < 1.29 is 19.4 Å². The molecule has 0 aromatic carbocycles. The summed E-state index contributed by atoms with van der Waals surface area (Å²) in [7, 11) is 1.62. The average Bonchev–Trinajstić information content (AvgIpc) is 2.17. The fourth-order valence-electron chi connectivity index (χ4n) is 1.66. The Labute approximate surface area is 113 Å². The predicted octanol–water partition coefficient (Wildman–Crippen LogP) is 1.23. The summed E-state index contributed by atoms with van der Waals surface area (Å²) >= 11 is 0. The largest absolute Gasteiger partial charge is 0.480 e. The lowest BCUT2D eigenvalue weighted by molar-refractivity contribution is -0.139. The van der Waals surface area contributed by atoms with Gasteiger partial charge in [0.15, 0.2) is 0 Å². The van der Waals surface area contributed by atoms with Crippen molar-refractivity contribution in [2.75, 3.05) is 20.1 Å². The van der Waals surface area contributed by atoms with Gasteiger partial charge in [0.05, 0.1) is 0 Å². The summed E-state index contributed by atoms with van der Waals surface area (Å²) in [6, 6.07) is -0.580. The second-order valence-electron chi connectivity index (χ2n) is 5.61. The quantitative estimate of drug-likeness (QED) is 0.751. The Morgan fingerprint density at radius 2 is 2.05 bits per heavy atom. The van der Waals surface area contributed by atoms with Crippen molar-refractivity contribution in [3.8, 4) is 0 Å². The van der Waals surface area contributed by atoms with E-state index in [-0.39, 0.29) is 6.09 Å². The van der Waals surface area contributed by atoms with Crippen LogP contribution in [0.4, 0.5) is 4.79 Å². The predicted molar refractivity (Wildman–Crippen MR) is 71.0 cm³/mol. The Morgan fingerprint density at radius 3 is 2.47 bits per heavy atom. The number of carboxylic acid groups (broad SMARTS) is 1. The lowest BCUT2D eigenvalue weighted by Crippen LogP contribution is -2.47. The number of likely N-dealkylation sites (N-methyl/N-ethyl adjacent to an activating group) is 1. The highest BCUT2D eigenvalue weighted by atomic mass is 16.6. The first-order chi connectivity index (χ1) is 8.73. The molecule has 1 aliphatic rings. The van der Waals surface area contributed by atoms with Crippen molar-refractivity contribution >= 4 is 12.1 Å². The maximum Gasteiger partial charge on any atom is 0.410 e. The highest BCUT2D eigenvalue weighted by Crippen LogP contribution is 2.19. The van der Waals surface area contributed by atoms with Crippen LogP contribution < -0.4 is 5.32 Å². The van der Waals surface area contributed by atoms with Gasteiger partial charge in [-0.25, -0.2) is 4.79 Å². The van der Waals surface area contributed by atoms with Crippen LogP contribution in [0.2, 0.25) is 0 Å². The maximum atomic E-state index is 11.7. The molecule has 1 aliphatic heterocycles. The van der Waals surface area contributed by atoms with E-state index in [1.54, 1.807) is 11.9 Å². The van der Waals surface area contributed by atoms with Crippen LogP contribution in [0.5, 0.6) is 0 Å². The third-order valence-corrected chi connectivity index (χ3v) is 2.73. The van der Waals surface area contributed by atoms with Crippen molar-refractivity contribution in [2.45, 2.75) is 38.8 Å². The first-order valence-corrected chi connectivity index (χ1v) is 6.29. The van der Waals surface area contributed by atoms with Crippen LogP contribution in [-0.2, 0) is 9.53 Å². The van der Waals surface area contributed by atoms with E-state index < -0.39 is 17.6 Å². The Kier molecular flexibility index (Phi) is 4.94. The molecule has 0 saturated carbocycles. The van der Waals surface area contributed by atoms with Gasteiger partial charge in [-0.15, -0.1) is 0 Å². The number of aliphatic carboxylic acids is 1. The molecule has 1 heterocycles. The van der Waals surface area contributed by atoms with Crippen LogP contribution in [0.25, 0.3) is 0 Å². The molecule has 1 amide bonds. The lowest BCUT2D eigenvalue weighted by atomic mass is 10.0. The zero-order valence-corrected chi connectivity index (χ0v) is 11.9. The normalized spacial score (nSPS) is 16.6. The van der Waals surface area contributed by atoms with Gasteiger partial charge in [-0.3, -0.25) is 4.79 Å². The van der Waals surface area contributed by atoms with Crippen molar-refractivity contribution in [3.63, 3.8) is 0 Å². The van der Waals surface area contributed by atoms with E-state index in [0.29, 0.717) is 19.5 Å². The highest BCUT2D eigenvalue weighted by molar-refractivity contribution is 5.74. The number of rotatable bonds is 4. The summed E-state index contributed by atoms with van der Waals surface area (Å²) in [6.45, 7) is 6.51. The fourth-order valence-corrected chi connectivity index (χ4v) is 1.66. The van der Waals surface area contributed by atoms with Crippen molar-refractivity contribution in [3.05, 3.63) is 11.6 Å². The number of carboxylic acids is 1. The molecule has 108 valence electrons. The molecule has 19 heavy (non-hydrogen) atoms. The van der Waals surface area contributed by atoms with Gasteiger partial charge in [0, 0.05) is 13.1 Å². The van der Waals surface area contributed by atoms with Gasteiger partial charge < -0.3 is 20.1 Å². The van der Waals surface area contributed by atoms with Gasteiger partial charge in [0.25, 0.3) is 0 Å². The summed E-state index contributed by atoms with van der Waals surface area (Å²) in [5, 5.41) is 11.6. The molecule has 0 aromatic rings. The summed E-state index contributed by atoms with van der Waals surface area (Å²) < 4.78 is 5.23. The molecule has 1 saturated heterocycles. The lowest BCUT2D eigenvalue weighted by Gasteiger charge is -2.35. The zero-order valence-electron chi connectivity index (χ0n) is 11.9. The Morgan fingerprint density at radius 1 is 1.47 bits per heavy atom. The summed E-state index contributed by atoms with van der Waals surface area (Å²) in [4.78, 5) is 24.1. The third-order valence-electron chi connectivity index (χ3n) is 2.73. The zero-order chi connectivity index (χ0) is 14.6. The minimum Gasteiger partial charge on any atom is -0.480 e. The van der Waals surface area contributed by atoms with E-state index in [9.17, 15) is 9.59 Å². The molecule has 0 aromatic heterocycles. The summed E-state index contributed by atoms with van der Waals surface area (Å²) in [5.74, 6) is -0.873. The number of likely N-dealkylation sites (tertiary alicyclic amines) is 1. The molecule has 0 radical (unpaired) electrons. The van der Waals surface area contributed by atoms with Gasteiger partial charge in [0.1, 0.15) is 11.6 Å². The SMILES string of the molecule is CN[C@@H](CC=C1CN(C(=O)OC(C)(C)C)C1)C(=O)O. The maximum absolute atomic E-state index is 11.7. The summed E-state index contributed by atoms with van der Waals surface area (Å²) in [5.41, 5.74) is 0.573. The van der Waals surface area contributed by atoms with Gasteiger partial charge in [-0.1, -0.05) is 6.08 Å². The minimum absolute atomic E-state index is 0.326. The number of nitrogens with zero attached hydrogens (tertiary/aromatic N) is 1. The molecule has 6 heteroatoms. The van der Waals surface area contributed by atoms with Gasteiger partial charge >= 0.3 is 12.1 Å². The van der Waals surface area contributed by atoms with Crippen LogP contribution in [0.3, 0.4) is 0 Å². The molecule has 6 nitrogen and oxygen atoms in total. The van der Waals surface area contributed by atoms with Gasteiger partial charge in [-0.2, -0.15) is 0 Å². The molecule has 0 aliphatic carbocycles. The standard InChI is InChI=1S/C13H22N2O4/c1-13(2,3)19-12(18)15-7-9(8-15)5-6-10(14-4)11(16)17/h5,10,14H,6-8H2,1-4H3,(H,16,17)/t10-/m0/s1. The fraction of sp³-hybridized carbons (Fsp3) is 0.692. The number of nitrogens with one attached hydrogen (secondary N) is 1. The van der Waals surface area contributed by atoms with Gasteiger partial charge in [0.2, 0.25) is 0 Å². The summed E-state index contributed by atoms with van der Waals surface area (Å²) in [6.07, 6.45) is 1.97. The van der Waals surface area contributed by atoms with Crippen molar-refractivity contribution in [1.82, 2.24) is 10.2 Å². The minimum atomic E-state index is -0.873. The molecule has 0 unspecified atom stereocenters. The molecule has 0 spiro atoms. The molecule has 1 fully saturated rings. The van der Waals surface area contributed by atoms with E-state index in [1.165, 1.54) is 0 Å². The molecule has 2 N–H and O–H groups in total. The van der Waals surface area contributed by atoms with E-state index >= 15 is 0 Å². The molecule has 1 atom stereocenters. The first kappa shape index (κ1) is 15.5. The van der Waals surface area contributed by atoms with Crippen LogP contribution in [0.1, 0.15) is 27.2 Å². The van der Waals surface area contributed by atoms with E-state index in [4.69, 9.17) is 9.84 Å². The second-order valence-corrected chi connectivity index (χ2v) is 5.61. The second kappa shape index (κ2) is 6.06. The van der Waals surface area contributed by atoms with Crippen LogP contribution >= 0.6 is 0 Å². The molecule has 0 bridgehead atoms. The monoisotopic (exact) mass is 270 g/mol. The van der Waals surface area contributed by atoms with Crippen molar-refractivity contribution in [2.24, 2.45) is 0 Å². The molecular weight excluding hydrogens is 248 g/mol. The van der Waals surface area contributed by atoms with Gasteiger partial charge in [-0.05, 0) is 39.8 Å². The van der Waals surface area contributed by atoms with E-state index in [2.05, 4.69) is 5.32 Å². The van der Waals surface area contributed by atoms with Crippen LogP contribution in [0.15, 0.2) is 11.6 Å². The number of carbonyl (C=O) groups excluding carboxylic acids is 1. The number of amides is 1. The van der Waals surface area contributed by atoms with Crippen LogP contribution in [-0.4, -0.2) is 53.8 Å². The number of hydrogen-bond acceptors (Lipinski definition) is 4. The highest BCUT2D eigenvalue weighted by Gasteiger charge is 2.29. The number of carbonyl (C=O) groups is 2. The first-order valence-electron chi connectivity index (χ1n) is 6.29. The average molecular weight is 270 g/mol. The Hall–Kier alpha value is -1.56. The Bertz CT molecular complexity index is 377. The smallest absolute Gasteiger partial charge is 0.410 e. The molecular formula is C13H22N2O4. The number of ether oxygens (including phenoxy) is 1. The van der Waals surface area contributed by atoms with E-state index in [1.807, 2.05) is 26.8 Å². The molecule has 1 rings (SSSR count). The third kappa shape index (κ3) is 4.90. The van der Waals surface area contributed by atoms with Crippen LogP contribution in [0, 0.1) is 0 Å². The number of hydrogen-bond donors (Lipinski definition) is 2. The topological polar surface area (TPSA) is 78.9 Å². The Balaban J connectivity index is 2.37. The van der Waals surface area contributed by atoms with Crippen molar-refractivity contribution in [1.29, 1.82) is 0 Å².